The summed E-state index contributed by atoms with van der Waals surface area (Å²) in [5.74, 6) is -0.0282. The van der Waals surface area contributed by atoms with Crippen LogP contribution in [0.15, 0.2) is 0 Å². The lowest BCUT2D eigenvalue weighted by atomic mass is 10.1. The van der Waals surface area contributed by atoms with Crippen LogP contribution in [0.5, 0.6) is 0 Å². The average Bonchev–Trinajstić information content (AvgIpc) is 2.32. The summed E-state index contributed by atoms with van der Waals surface area (Å²) in [6, 6.07) is 0. The number of hydrogen-bond acceptors (Lipinski definition) is 2. The van der Waals surface area contributed by atoms with Gasteiger partial charge in [0.15, 0.2) is 0 Å². The Kier molecular flexibility index (Phi) is 13.8. The van der Waals surface area contributed by atoms with Gasteiger partial charge in [-0.1, -0.05) is 64.7 Å². The minimum atomic E-state index is -0.0282. The maximum Gasteiger partial charge on any atom is 0.243 e. The predicted octanol–water partition coefficient (Wildman–Crippen LogP) is 4.14. The van der Waals surface area contributed by atoms with Crippen LogP contribution < -0.4 is 5.48 Å². The zero-order valence-electron chi connectivity index (χ0n) is 11.2. The fourth-order valence-corrected chi connectivity index (χ4v) is 2.02. The summed E-state index contributed by atoms with van der Waals surface area (Å²) in [5.41, 5.74) is 2.30. The monoisotopic (exact) mass is 261 g/mol. The number of carbonyl (C=O) groups is 1. The molecule has 1 atom stereocenters. The first-order valence-corrected chi connectivity index (χ1v) is 7.43. The van der Waals surface area contributed by atoms with Gasteiger partial charge in [0.1, 0.15) is 0 Å². The molecular weight excluding hydrogens is 233 g/mol. The van der Waals surface area contributed by atoms with Gasteiger partial charge in [0.2, 0.25) is 5.91 Å². The third-order valence-corrected chi connectivity index (χ3v) is 3.05. The van der Waals surface area contributed by atoms with E-state index >= 15 is 0 Å². The molecule has 0 aliphatic carbocycles. The minimum Gasteiger partial charge on any atom is -0.273 e. The predicted molar refractivity (Wildman–Crippen MR) is 75.4 cm³/mol. The molecule has 4 heteroatoms. The smallest absolute Gasteiger partial charge is 0.243 e. The van der Waals surface area contributed by atoms with Crippen LogP contribution in [0, 0.1) is 0 Å². The van der Waals surface area contributed by atoms with Gasteiger partial charge in [0, 0.05) is 15.9 Å². The van der Waals surface area contributed by atoms with Gasteiger partial charge in [-0.15, -0.1) is 0 Å². The standard InChI is InChI=1S/C13H28NO2P/c1-2-3-4-5-6-7-8-9-10-11-12-13(15)14-16-17/h2-12,17H2,1H3,(H,14,15). The van der Waals surface area contributed by atoms with Crippen LogP contribution in [0.4, 0.5) is 0 Å². The van der Waals surface area contributed by atoms with Gasteiger partial charge in [-0.2, -0.15) is 0 Å². The fraction of sp³-hybridized carbons (Fsp3) is 0.923. The highest BCUT2D eigenvalue weighted by Crippen LogP contribution is 2.11. The maximum atomic E-state index is 11.0. The second-order valence-corrected chi connectivity index (χ2v) is 4.81. The topological polar surface area (TPSA) is 38.3 Å². The summed E-state index contributed by atoms with van der Waals surface area (Å²) in [5, 5.41) is 0. The molecule has 0 heterocycles. The molecule has 17 heavy (non-hydrogen) atoms. The zero-order valence-corrected chi connectivity index (χ0v) is 12.3. The maximum absolute atomic E-state index is 11.0. The normalized spacial score (nSPS) is 10.5. The third-order valence-electron chi connectivity index (χ3n) is 2.93. The number of hydrogen-bond donors (Lipinski definition) is 1. The van der Waals surface area contributed by atoms with E-state index in [1.807, 2.05) is 9.47 Å². The van der Waals surface area contributed by atoms with Gasteiger partial charge in [-0.3, -0.25) is 9.42 Å². The van der Waals surface area contributed by atoms with Crippen LogP contribution in [0.1, 0.15) is 77.6 Å². The Balaban J connectivity index is 3.01. The number of carbonyl (C=O) groups excluding carboxylic acids is 1. The van der Waals surface area contributed by atoms with Crippen molar-refractivity contribution < 1.29 is 9.42 Å². The van der Waals surface area contributed by atoms with Gasteiger partial charge in [-0.05, 0) is 6.42 Å². The van der Waals surface area contributed by atoms with Crippen molar-refractivity contribution in [2.24, 2.45) is 0 Å². The zero-order chi connectivity index (χ0) is 12.8. The number of hydroxylamine groups is 1. The largest absolute Gasteiger partial charge is 0.273 e. The molecule has 0 fully saturated rings. The van der Waals surface area contributed by atoms with E-state index in [0.717, 1.165) is 12.8 Å². The van der Waals surface area contributed by atoms with Gasteiger partial charge < -0.3 is 0 Å². The molecule has 0 radical (unpaired) electrons. The van der Waals surface area contributed by atoms with Crippen molar-refractivity contribution in [3.05, 3.63) is 0 Å². The Bertz CT molecular complexity index is 177. The molecule has 1 unspecified atom stereocenters. The quantitative estimate of drug-likeness (QED) is 0.326. The number of rotatable bonds is 12. The third kappa shape index (κ3) is 13.8. The lowest BCUT2D eigenvalue weighted by molar-refractivity contribution is -0.127. The second kappa shape index (κ2) is 13.9. The molecule has 0 saturated heterocycles. The summed E-state index contributed by atoms with van der Waals surface area (Å²) in [4.78, 5) is 11.0. The Morgan fingerprint density at radius 3 is 1.88 bits per heavy atom. The molecule has 3 nitrogen and oxygen atoms in total. The van der Waals surface area contributed by atoms with Crippen molar-refractivity contribution >= 4 is 15.4 Å². The summed E-state index contributed by atoms with van der Waals surface area (Å²) in [7, 11) is 2.01. The SMILES string of the molecule is CCCCCCCCCCCCC(=O)NOP. The Morgan fingerprint density at radius 1 is 0.941 bits per heavy atom. The summed E-state index contributed by atoms with van der Waals surface area (Å²) >= 11 is 0. The van der Waals surface area contributed by atoms with E-state index in [0.29, 0.717) is 6.42 Å². The molecular formula is C13H28NO2P. The van der Waals surface area contributed by atoms with Crippen molar-refractivity contribution in [2.45, 2.75) is 77.6 Å². The Morgan fingerprint density at radius 2 is 1.41 bits per heavy atom. The molecule has 102 valence electrons. The van der Waals surface area contributed by atoms with Crippen LogP contribution in [0.25, 0.3) is 0 Å². The summed E-state index contributed by atoms with van der Waals surface area (Å²) < 4.78 is 4.46. The number of nitrogens with one attached hydrogen (secondary N) is 1. The lowest BCUT2D eigenvalue weighted by Crippen LogP contribution is -2.18. The highest BCUT2D eigenvalue weighted by molar-refractivity contribution is 7.09. The molecule has 0 saturated carbocycles. The van der Waals surface area contributed by atoms with E-state index < -0.39 is 0 Å². The minimum absolute atomic E-state index is 0.0282. The number of amides is 1. The molecule has 0 aliphatic heterocycles. The highest BCUT2D eigenvalue weighted by atomic mass is 31.0. The van der Waals surface area contributed by atoms with Crippen LogP contribution >= 0.6 is 9.47 Å². The molecule has 1 N–H and O–H groups in total. The first-order chi connectivity index (χ1) is 8.31. The van der Waals surface area contributed by atoms with Gasteiger partial charge in [0.25, 0.3) is 0 Å². The molecule has 0 aliphatic rings. The van der Waals surface area contributed by atoms with Crippen molar-refractivity contribution in [3.8, 4) is 0 Å². The molecule has 0 rings (SSSR count). The van der Waals surface area contributed by atoms with Crippen LogP contribution in [-0.2, 0) is 9.42 Å². The molecule has 0 aromatic rings. The van der Waals surface area contributed by atoms with Gasteiger partial charge in [0.05, 0.1) is 0 Å². The van der Waals surface area contributed by atoms with Crippen molar-refractivity contribution in [3.63, 3.8) is 0 Å². The van der Waals surface area contributed by atoms with E-state index in [9.17, 15) is 4.79 Å². The Hall–Kier alpha value is -0.140. The molecule has 1 amide bonds. The average molecular weight is 261 g/mol. The number of unbranched alkanes of at least 4 members (excludes halogenated alkanes) is 9. The van der Waals surface area contributed by atoms with E-state index in [2.05, 4.69) is 17.0 Å². The molecule has 0 bridgehead atoms. The van der Waals surface area contributed by atoms with E-state index in [4.69, 9.17) is 0 Å². The van der Waals surface area contributed by atoms with Crippen molar-refractivity contribution in [1.29, 1.82) is 0 Å². The first-order valence-electron chi connectivity index (χ1n) is 6.95. The summed E-state index contributed by atoms with van der Waals surface area (Å²) in [6.07, 6.45) is 13.5. The van der Waals surface area contributed by atoms with Gasteiger partial charge >= 0.3 is 0 Å². The summed E-state index contributed by atoms with van der Waals surface area (Å²) in [6.45, 7) is 2.25. The van der Waals surface area contributed by atoms with Crippen molar-refractivity contribution in [2.75, 3.05) is 0 Å². The lowest BCUT2D eigenvalue weighted by Gasteiger charge is -2.02. The fourth-order valence-electron chi connectivity index (χ4n) is 1.89. The molecule has 0 aromatic carbocycles. The van der Waals surface area contributed by atoms with E-state index in [1.54, 1.807) is 0 Å². The first kappa shape index (κ1) is 16.9. The van der Waals surface area contributed by atoms with E-state index in [1.165, 1.54) is 51.4 Å². The van der Waals surface area contributed by atoms with Crippen LogP contribution in [0.2, 0.25) is 0 Å². The highest BCUT2D eigenvalue weighted by Gasteiger charge is 1.99. The molecule has 0 spiro atoms. The Labute approximate surface area is 108 Å². The van der Waals surface area contributed by atoms with Crippen molar-refractivity contribution in [1.82, 2.24) is 5.48 Å². The van der Waals surface area contributed by atoms with Gasteiger partial charge in [-0.25, -0.2) is 5.48 Å². The second-order valence-electron chi connectivity index (χ2n) is 4.58. The van der Waals surface area contributed by atoms with Crippen LogP contribution in [-0.4, -0.2) is 5.91 Å². The molecule has 0 aromatic heterocycles. The van der Waals surface area contributed by atoms with Crippen LogP contribution in [0.3, 0.4) is 0 Å². The van der Waals surface area contributed by atoms with E-state index in [-0.39, 0.29) is 5.91 Å².